The van der Waals surface area contributed by atoms with Crippen molar-refractivity contribution in [3.63, 3.8) is 0 Å². The van der Waals surface area contributed by atoms with Crippen LogP contribution in [-0.4, -0.2) is 87.0 Å². The highest BCUT2D eigenvalue weighted by molar-refractivity contribution is 8.14. The number of oxime groups is 1. The van der Waals surface area contributed by atoms with Crippen LogP contribution < -0.4 is 4.74 Å². The average molecular weight is 477 g/mol. The molecule has 5 N–H and O–H groups in total. The van der Waals surface area contributed by atoms with Crippen LogP contribution >= 0.6 is 11.8 Å². The monoisotopic (exact) mass is 477 g/mol. The molecule has 172 valence electrons. The molecule has 0 radical (unpaired) electrons. The first-order chi connectivity index (χ1) is 14.6. The number of benzene rings is 1. The first-order valence-corrected chi connectivity index (χ1v) is 11.2. The number of aromatic amines is 1. The number of fused-ring (bicyclic) bond motifs is 1. The van der Waals surface area contributed by atoms with Gasteiger partial charge >= 0.3 is 0 Å². The summed E-state index contributed by atoms with van der Waals surface area (Å²) >= 11 is 0.678. The van der Waals surface area contributed by atoms with E-state index in [0.717, 1.165) is 5.39 Å². The summed E-state index contributed by atoms with van der Waals surface area (Å²) in [4.78, 5) is 3.03. The Bertz CT molecular complexity index is 1040. The van der Waals surface area contributed by atoms with Gasteiger partial charge in [0.2, 0.25) is 0 Å². The number of methoxy groups -OCH3 is 1. The smallest absolute Gasteiger partial charge is 0.284 e. The Morgan fingerprint density at radius 1 is 1.29 bits per heavy atom. The van der Waals surface area contributed by atoms with Gasteiger partial charge in [-0.05, 0) is 11.6 Å². The molecule has 12 nitrogen and oxygen atoms in total. The number of hydrogen-bond donors (Lipinski definition) is 5. The van der Waals surface area contributed by atoms with Crippen molar-refractivity contribution in [2.24, 2.45) is 5.16 Å². The standard InChI is InChI=1S/C17H22N2O10S2/c1-27-10-4-2-3-9-8(6-18-13(9)10)5-12(19-29-31(24,25)26)30-17-16(23)15(22)14(21)11(7-20)28-17/h2-4,6,11,14-18,20-23H,5,7H2,1H3,(H,24,25,26)/p-1/b19-12+/t11-,14-,15+,16-,17+/m1/s1. The molecular formula is C17H21N2O10S2-. The van der Waals surface area contributed by atoms with Gasteiger partial charge in [-0.25, -0.2) is 0 Å². The molecule has 0 aliphatic carbocycles. The van der Waals surface area contributed by atoms with Crippen molar-refractivity contribution >= 4 is 38.1 Å². The first-order valence-electron chi connectivity index (χ1n) is 8.96. The second-order valence-electron chi connectivity index (χ2n) is 6.66. The number of nitrogens with zero attached hydrogens (tertiary/aromatic N) is 1. The second kappa shape index (κ2) is 9.70. The van der Waals surface area contributed by atoms with Crippen LogP contribution in [0.5, 0.6) is 5.75 Å². The SMILES string of the molecule is COc1cccc2c(C/C(=N\OS(=O)(=O)[O-])S[C@@H]3O[C@H](CO)[C@@H](O)[C@H](O)[C@H]3O)c[nH]c12. The predicted octanol–water partition coefficient (Wildman–Crippen LogP) is -0.958. The molecule has 0 bridgehead atoms. The summed E-state index contributed by atoms with van der Waals surface area (Å²) in [5.74, 6) is 0.571. The van der Waals surface area contributed by atoms with Crippen molar-refractivity contribution in [1.29, 1.82) is 0 Å². The average Bonchev–Trinajstić information content (AvgIpc) is 3.14. The maximum atomic E-state index is 10.9. The molecule has 2 aromatic rings. The highest BCUT2D eigenvalue weighted by Gasteiger charge is 2.44. The normalized spacial score (nSPS) is 27.4. The quantitative estimate of drug-likeness (QED) is 0.108. The highest BCUT2D eigenvalue weighted by Crippen LogP contribution is 2.32. The van der Waals surface area contributed by atoms with Crippen LogP contribution in [0.15, 0.2) is 29.6 Å². The summed E-state index contributed by atoms with van der Waals surface area (Å²) in [7, 11) is -3.65. The molecule has 1 saturated heterocycles. The Balaban J connectivity index is 1.89. The summed E-state index contributed by atoms with van der Waals surface area (Å²) in [6.07, 6.45) is -4.37. The molecule has 31 heavy (non-hydrogen) atoms. The van der Waals surface area contributed by atoms with Crippen LogP contribution in [0.2, 0.25) is 0 Å². The van der Waals surface area contributed by atoms with E-state index in [1.807, 2.05) is 0 Å². The van der Waals surface area contributed by atoms with E-state index in [0.29, 0.717) is 28.6 Å². The van der Waals surface area contributed by atoms with Gasteiger partial charge < -0.3 is 39.4 Å². The number of hydrogen-bond acceptors (Lipinski definition) is 12. The molecule has 0 spiro atoms. The summed E-state index contributed by atoms with van der Waals surface area (Å²) in [5.41, 5.74) is 0.0678. The number of aliphatic hydroxyl groups is 4. The van der Waals surface area contributed by atoms with E-state index in [-0.39, 0.29) is 11.5 Å². The molecule has 0 saturated carbocycles. The summed E-state index contributed by atoms with van der Waals surface area (Å²) in [6, 6.07) is 5.27. The van der Waals surface area contributed by atoms with Crippen molar-refractivity contribution in [2.45, 2.75) is 36.3 Å². The van der Waals surface area contributed by atoms with Gasteiger partial charge in [-0.1, -0.05) is 29.1 Å². The molecule has 1 fully saturated rings. The Labute approximate surface area is 181 Å². The minimum absolute atomic E-state index is 0.0393. The van der Waals surface area contributed by atoms with Crippen LogP contribution in [0, 0.1) is 0 Å². The zero-order valence-corrected chi connectivity index (χ0v) is 17.7. The van der Waals surface area contributed by atoms with Gasteiger partial charge in [0.05, 0.1) is 19.2 Å². The summed E-state index contributed by atoms with van der Waals surface area (Å²) in [5, 5.41) is 43.4. The number of aliphatic hydroxyl groups excluding tert-OH is 4. The molecular weight excluding hydrogens is 456 g/mol. The summed E-state index contributed by atoms with van der Waals surface area (Å²) in [6.45, 7) is -0.637. The zero-order chi connectivity index (χ0) is 22.8. The first kappa shape index (κ1) is 23.7. The number of nitrogens with one attached hydrogen (secondary N) is 1. The fraction of sp³-hybridized carbons (Fsp3) is 0.471. The van der Waals surface area contributed by atoms with Crippen LogP contribution in [0.4, 0.5) is 0 Å². The predicted molar refractivity (Wildman–Crippen MR) is 108 cm³/mol. The lowest BCUT2D eigenvalue weighted by molar-refractivity contribution is -0.205. The maximum Gasteiger partial charge on any atom is 0.284 e. The van der Waals surface area contributed by atoms with Gasteiger partial charge in [-0.15, -0.1) is 0 Å². The third-order valence-electron chi connectivity index (χ3n) is 4.66. The van der Waals surface area contributed by atoms with E-state index in [1.165, 1.54) is 7.11 Å². The van der Waals surface area contributed by atoms with Crippen LogP contribution in [0.1, 0.15) is 5.56 Å². The molecule has 0 amide bonds. The van der Waals surface area contributed by atoms with Crippen molar-refractivity contribution in [3.8, 4) is 5.75 Å². The van der Waals surface area contributed by atoms with Crippen LogP contribution in [0.25, 0.3) is 10.9 Å². The molecule has 3 rings (SSSR count). The van der Waals surface area contributed by atoms with E-state index in [1.54, 1.807) is 24.4 Å². The van der Waals surface area contributed by atoms with Crippen molar-refractivity contribution in [1.82, 2.24) is 4.98 Å². The molecule has 1 aromatic heterocycles. The molecule has 1 aliphatic heterocycles. The minimum Gasteiger partial charge on any atom is -0.714 e. The number of ether oxygens (including phenoxy) is 2. The third-order valence-corrected chi connectivity index (χ3v) is 6.03. The zero-order valence-electron chi connectivity index (χ0n) is 16.1. The topological polar surface area (TPSA) is 194 Å². The van der Waals surface area contributed by atoms with E-state index in [2.05, 4.69) is 14.4 Å². The van der Waals surface area contributed by atoms with E-state index >= 15 is 0 Å². The Hall–Kier alpha value is -1.91. The Morgan fingerprint density at radius 2 is 2.03 bits per heavy atom. The Morgan fingerprint density at radius 3 is 2.68 bits per heavy atom. The van der Waals surface area contributed by atoms with E-state index < -0.39 is 46.9 Å². The Kier molecular flexibility index (Phi) is 7.43. The molecule has 14 heteroatoms. The number of H-pyrrole nitrogens is 1. The highest BCUT2D eigenvalue weighted by atomic mass is 32.3. The number of thioether (sulfide) groups is 1. The van der Waals surface area contributed by atoms with E-state index in [9.17, 15) is 33.4 Å². The van der Waals surface area contributed by atoms with Crippen molar-refractivity contribution in [3.05, 3.63) is 30.0 Å². The maximum absolute atomic E-state index is 10.9. The molecule has 1 aromatic carbocycles. The van der Waals surface area contributed by atoms with Gasteiger partial charge in [0.25, 0.3) is 10.4 Å². The lowest BCUT2D eigenvalue weighted by Crippen LogP contribution is -2.57. The van der Waals surface area contributed by atoms with E-state index in [4.69, 9.17) is 9.47 Å². The molecule has 1 aliphatic rings. The number of para-hydroxylation sites is 1. The summed E-state index contributed by atoms with van der Waals surface area (Å²) < 4.78 is 47.3. The van der Waals surface area contributed by atoms with Gasteiger partial charge in [0.15, 0.2) is 0 Å². The van der Waals surface area contributed by atoms with Gasteiger partial charge in [0.1, 0.15) is 40.6 Å². The second-order valence-corrected chi connectivity index (χ2v) is 8.79. The fourth-order valence-electron chi connectivity index (χ4n) is 3.15. The van der Waals surface area contributed by atoms with Crippen LogP contribution in [-0.2, 0) is 25.8 Å². The molecule has 2 heterocycles. The lowest BCUT2D eigenvalue weighted by Gasteiger charge is -2.39. The fourth-order valence-corrected chi connectivity index (χ4v) is 4.46. The number of rotatable bonds is 7. The lowest BCUT2D eigenvalue weighted by atomic mass is 10.0. The van der Waals surface area contributed by atoms with Crippen LogP contribution in [0.3, 0.4) is 0 Å². The minimum atomic E-state index is -5.15. The molecule has 5 atom stereocenters. The van der Waals surface area contributed by atoms with Gasteiger partial charge in [0, 0.05) is 18.0 Å². The van der Waals surface area contributed by atoms with Crippen molar-refractivity contribution < 1.29 is 47.2 Å². The molecule has 0 unspecified atom stereocenters. The van der Waals surface area contributed by atoms with Crippen molar-refractivity contribution in [2.75, 3.05) is 13.7 Å². The van der Waals surface area contributed by atoms with Gasteiger partial charge in [-0.3, -0.25) is 4.28 Å². The third kappa shape index (κ3) is 5.48. The number of aromatic nitrogens is 1. The van der Waals surface area contributed by atoms with Gasteiger partial charge in [-0.2, -0.15) is 8.42 Å². The largest absolute Gasteiger partial charge is 0.714 e.